The summed E-state index contributed by atoms with van der Waals surface area (Å²) in [5.41, 5.74) is 1.99. The van der Waals surface area contributed by atoms with E-state index in [-0.39, 0.29) is 48.6 Å². The molecular formula is C28H38FN3O5. The molecule has 2 atom stereocenters. The summed E-state index contributed by atoms with van der Waals surface area (Å²) in [5, 5.41) is 4.30. The van der Waals surface area contributed by atoms with Crippen molar-refractivity contribution in [3.8, 4) is 16.9 Å². The van der Waals surface area contributed by atoms with E-state index in [1.54, 1.807) is 42.0 Å². The smallest absolute Gasteiger partial charge is 0.410 e. The molecule has 1 heterocycles. The van der Waals surface area contributed by atoms with Crippen LogP contribution in [0.15, 0.2) is 24.4 Å². The lowest BCUT2D eigenvalue weighted by molar-refractivity contribution is -0.154. The Hall–Kier alpha value is -3.10. The van der Waals surface area contributed by atoms with Crippen LogP contribution in [0.3, 0.4) is 0 Å². The highest BCUT2D eigenvalue weighted by molar-refractivity contribution is 5.73. The number of hydrogen-bond donors (Lipinski definition) is 0. The molecule has 0 unspecified atom stereocenters. The number of carbonyl (C=O) groups is 2. The largest absolute Gasteiger partial charge is 0.487 e. The lowest BCUT2D eigenvalue weighted by atomic mass is 9.87. The summed E-state index contributed by atoms with van der Waals surface area (Å²) < 4.78 is 33.7. The lowest BCUT2D eigenvalue weighted by Crippen LogP contribution is -2.35. The Kier molecular flexibility index (Phi) is 8.71. The van der Waals surface area contributed by atoms with E-state index < -0.39 is 5.82 Å². The van der Waals surface area contributed by atoms with Crippen LogP contribution in [0.5, 0.6) is 5.75 Å². The first-order valence-electron chi connectivity index (χ1n) is 13.3. The van der Waals surface area contributed by atoms with Crippen molar-refractivity contribution in [3.05, 3.63) is 35.9 Å². The summed E-state index contributed by atoms with van der Waals surface area (Å²) in [7, 11) is 3.54. The summed E-state index contributed by atoms with van der Waals surface area (Å²) in [5.74, 6) is -0.769. The third-order valence-corrected chi connectivity index (χ3v) is 7.40. The maximum atomic E-state index is 15.1. The quantitative estimate of drug-likeness (QED) is 0.424. The molecule has 2 fully saturated rings. The van der Waals surface area contributed by atoms with Gasteiger partial charge in [0.15, 0.2) is 11.6 Å². The summed E-state index contributed by atoms with van der Waals surface area (Å²) in [6.45, 7) is 3.70. The highest BCUT2D eigenvalue weighted by atomic mass is 19.1. The van der Waals surface area contributed by atoms with Crippen molar-refractivity contribution in [3.63, 3.8) is 0 Å². The van der Waals surface area contributed by atoms with Crippen molar-refractivity contribution < 1.29 is 28.2 Å². The molecule has 2 aliphatic rings. The monoisotopic (exact) mass is 515 g/mol. The number of halogens is 1. The fraction of sp³-hybridized carbons (Fsp3) is 0.607. The molecule has 1 amide bonds. The number of carbonyl (C=O) groups excluding carboxylic acids is 2. The Labute approximate surface area is 218 Å². The van der Waals surface area contributed by atoms with E-state index in [9.17, 15) is 9.59 Å². The van der Waals surface area contributed by atoms with Crippen molar-refractivity contribution in [2.75, 3.05) is 7.05 Å². The second-order valence-electron chi connectivity index (χ2n) is 10.5. The SMILES string of the molecule is CC(C)OC(=O)[C@H]1CCC[C@H](Oc2ccc(-c3cnn(C)c3COC(=O)N(C)C3CCCC3)cc2F)C1. The topological polar surface area (TPSA) is 82.9 Å². The number of esters is 1. The molecule has 2 aromatic rings. The second-order valence-corrected chi connectivity index (χ2v) is 10.5. The molecular weight excluding hydrogens is 477 g/mol. The van der Waals surface area contributed by atoms with Gasteiger partial charge in [0.2, 0.25) is 0 Å². The molecule has 2 saturated carbocycles. The molecule has 8 nitrogen and oxygen atoms in total. The minimum atomic E-state index is -0.489. The molecule has 0 radical (unpaired) electrons. The molecule has 0 aliphatic heterocycles. The fourth-order valence-electron chi connectivity index (χ4n) is 5.29. The van der Waals surface area contributed by atoms with Crippen molar-refractivity contribution in [2.24, 2.45) is 13.0 Å². The summed E-state index contributed by atoms with van der Waals surface area (Å²) >= 11 is 0. The van der Waals surface area contributed by atoms with E-state index in [0.717, 1.165) is 44.9 Å². The van der Waals surface area contributed by atoms with Gasteiger partial charge in [-0.25, -0.2) is 9.18 Å². The van der Waals surface area contributed by atoms with Gasteiger partial charge in [-0.2, -0.15) is 5.10 Å². The van der Waals surface area contributed by atoms with Crippen molar-refractivity contribution >= 4 is 12.1 Å². The summed E-state index contributed by atoms with van der Waals surface area (Å²) in [4.78, 5) is 26.5. The van der Waals surface area contributed by atoms with E-state index in [0.29, 0.717) is 23.2 Å². The average molecular weight is 516 g/mol. The van der Waals surface area contributed by atoms with Gasteiger partial charge in [-0.1, -0.05) is 18.9 Å². The van der Waals surface area contributed by atoms with Crippen LogP contribution < -0.4 is 4.74 Å². The van der Waals surface area contributed by atoms with Crippen LogP contribution in [0.1, 0.15) is 70.9 Å². The number of rotatable bonds is 8. The van der Waals surface area contributed by atoms with Crippen LogP contribution in [-0.2, 0) is 27.9 Å². The second kappa shape index (κ2) is 12.0. The van der Waals surface area contributed by atoms with Crippen molar-refractivity contribution in [2.45, 2.75) is 90.1 Å². The Morgan fingerprint density at radius 1 is 1.16 bits per heavy atom. The molecule has 37 heavy (non-hydrogen) atoms. The zero-order valence-electron chi connectivity index (χ0n) is 22.2. The molecule has 0 bridgehead atoms. The van der Waals surface area contributed by atoms with E-state index in [2.05, 4.69) is 5.10 Å². The first kappa shape index (κ1) is 26.9. The van der Waals surface area contributed by atoms with Gasteiger partial charge in [-0.15, -0.1) is 0 Å². The van der Waals surface area contributed by atoms with Gasteiger partial charge in [-0.3, -0.25) is 9.48 Å². The molecule has 2 aliphatic carbocycles. The predicted molar refractivity (Wildman–Crippen MR) is 136 cm³/mol. The van der Waals surface area contributed by atoms with E-state index in [4.69, 9.17) is 14.2 Å². The van der Waals surface area contributed by atoms with Crippen LogP contribution in [0.4, 0.5) is 9.18 Å². The number of aromatic nitrogens is 2. The zero-order valence-corrected chi connectivity index (χ0v) is 22.2. The minimum Gasteiger partial charge on any atom is -0.487 e. The number of aryl methyl sites for hydroxylation is 1. The van der Waals surface area contributed by atoms with Gasteiger partial charge in [0, 0.05) is 25.7 Å². The molecule has 9 heteroatoms. The summed E-state index contributed by atoms with van der Waals surface area (Å²) in [6, 6.07) is 5.02. The molecule has 1 aromatic carbocycles. The molecule has 1 aromatic heterocycles. The lowest BCUT2D eigenvalue weighted by Gasteiger charge is -2.29. The van der Waals surface area contributed by atoms with E-state index in [1.165, 1.54) is 6.07 Å². The standard InChI is InChI=1S/C28H38FN3O5/c1-18(2)36-27(33)20-8-7-11-22(14-20)37-26-13-12-19(15-24(26)29)23-16-30-32(4)25(23)17-35-28(34)31(3)21-9-5-6-10-21/h12-13,15-16,18,20-22H,5-11,14,17H2,1-4H3/t20-,22-/m0/s1. The Balaban J connectivity index is 1.40. The van der Waals surface area contributed by atoms with Gasteiger partial charge >= 0.3 is 12.1 Å². The highest BCUT2D eigenvalue weighted by Crippen LogP contribution is 2.33. The maximum absolute atomic E-state index is 15.1. The third kappa shape index (κ3) is 6.62. The van der Waals surface area contributed by atoms with Crippen molar-refractivity contribution in [1.29, 1.82) is 0 Å². The van der Waals surface area contributed by atoms with Crippen molar-refractivity contribution in [1.82, 2.24) is 14.7 Å². The minimum absolute atomic E-state index is 0.0392. The van der Waals surface area contributed by atoms with Crippen LogP contribution in [0.25, 0.3) is 11.1 Å². The number of amides is 1. The van der Waals surface area contributed by atoms with Gasteiger partial charge in [0.05, 0.1) is 30.0 Å². The maximum Gasteiger partial charge on any atom is 0.410 e. The number of ether oxygens (including phenoxy) is 3. The van der Waals surface area contributed by atoms with Gasteiger partial charge < -0.3 is 19.1 Å². The van der Waals surface area contributed by atoms with Crippen LogP contribution in [0, 0.1) is 11.7 Å². The number of nitrogens with zero attached hydrogens (tertiary/aromatic N) is 3. The van der Waals surface area contributed by atoms with Gasteiger partial charge in [-0.05, 0) is 70.1 Å². The van der Waals surface area contributed by atoms with Gasteiger partial charge in [0.25, 0.3) is 0 Å². The third-order valence-electron chi connectivity index (χ3n) is 7.40. The number of hydrogen-bond acceptors (Lipinski definition) is 6. The van der Waals surface area contributed by atoms with Crippen LogP contribution in [-0.4, -0.2) is 52.0 Å². The summed E-state index contributed by atoms with van der Waals surface area (Å²) in [6.07, 6.45) is 8.00. The fourth-order valence-corrected chi connectivity index (χ4v) is 5.29. The first-order valence-corrected chi connectivity index (χ1v) is 13.3. The Morgan fingerprint density at radius 2 is 1.92 bits per heavy atom. The molecule has 4 rings (SSSR count). The first-order chi connectivity index (χ1) is 17.7. The zero-order chi connectivity index (χ0) is 26.5. The van der Waals surface area contributed by atoms with Crippen LogP contribution in [0.2, 0.25) is 0 Å². The number of benzene rings is 1. The van der Waals surface area contributed by atoms with Crippen LogP contribution >= 0.6 is 0 Å². The Morgan fingerprint density at radius 3 is 2.62 bits per heavy atom. The molecule has 0 N–H and O–H groups in total. The predicted octanol–water partition coefficient (Wildman–Crippen LogP) is 5.63. The molecule has 202 valence electrons. The van der Waals surface area contributed by atoms with E-state index >= 15 is 4.39 Å². The average Bonchev–Trinajstić information content (AvgIpc) is 3.53. The molecule has 0 saturated heterocycles. The normalized spacial score (nSPS) is 20.2. The van der Waals surface area contributed by atoms with Gasteiger partial charge in [0.1, 0.15) is 6.61 Å². The van der Waals surface area contributed by atoms with E-state index in [1.807, 2.05) is 13.8 Å². The molecule has 0 spiro atoms. The Bertz CT molecular complexity index is 1100. The highest BCUT2D eigenvalue weighted by Gasteiger charge is 2.30.